The van der Waals surface area contributed by atoms with E-state index in [9.17, 15) is 50.8 Å². The first-order valence-electron chi connectivity index (χ1n) is 16.5. The molecule has 1 aliphatic rings. The van der Waals surface area contributed by atoms with Crippen molar-refractivity contribution in [3.05, 3.63) is 34.9 Å². The smallest absolute Gasteiger partial charge is 0.303 e. The van der Waals surface area contributed by atoms with Crippen LogP contribution < -0.4 is 0 Å². The minimum atomic E-state index is -1.75. The lowest BCUT2D eigenvalue weighted by Crippen LogP contribution is -2.61. The highest BCUT2D eigenvalue weighted by Crippen LogP contribution is 2.31. The summed E-state index contributed by atoms with van der Waals surface area (Å²) >= 11 is 0. The predicted molar refractivity (Wildman–Crippen MR) is 177 cm³/mol. The van der Waals surface area contributed by atoms with E-state index in [-0.39, 0.29) is 32.7 Å². The molecule has 0 aliphatic carbocycles. The maximum absolute atomic E-state index is 12.2. The van der Waals surface area contributed by atoms with Crippen LogP contribution in [0.2, 0.25) is 0 Å². The topological polar surface area (TPSA) is 245 Å². The average Bonchev–Trinajstić information content (AvgIpc) is 3.02. The van der Waals surface area contributed by atoms with Crippen molar-refractivity contribution in [2.45, 2.75) is 141 Å². The molecular weight excluding hydrogens is 648 g/mol. The number of allylic oxidation sites excluding steroid dienone is 3. The Bertz CT molecular complexity index is 1050. The van der Waals surface area contributed by atoms with Crippen LogP contribution in [0, 0.1) is 0 Å². The number of carbonyl (C=O) groups is 1. The first kappa shape index (κ1) is 45.2. The second-order valence-electron chi connectivity index (χ2n) is 13.2. The van der Waals surface area contributed by atoms with Crippen LogP contribution in [0.3, 0.4) is 0 Å². The van der Waals surface area contributed by atoms with Gasteiger partial charge >= 0.3 is 5.97 Å². The molecule has 1 fully saturated rings. The molecule has 0 aromatic heterocycles. The van der Waals surface area contributed by atoms with E-state index in [0.29, 0.717) is 12.0 Å². The second-order valence-corrected chi connectivity index (χ2v) is 13.2. The molecule has 15 heteroatoms. The van der Waals surface area contributed by atoms with Crippen molar-refractivity contribution in [3.8, 4) is 0 Å². The van der Waals surface area contributed by atoms with E-state index in [1.807, 2.05) is 33.8 Å². The van der Waals surface area contributed by atoms with Crippen LogP contribution in [-0.4, -0.2) is 158 Å². The largest absolute Gasteiger partial charge is 0.458 e. The molecule has 0 aromatic rings. The molecule has 0 radical (unpaired) electrons. The average molecular weight is 709 g/mol. The van der Waals surface area contributed by atoms with Gasteiger partial charge in [0.25, 0.3) is 0 Å². The lowest BCUT2D eigenvalue weighted by Gasteiger charge is -2.43. The summed E-state index contributed by atoms with van der Waals surface area (Å²) in [7, 11) is 0. The number of rotatable bonds is 22. The molecule has 0 bridgehead atoms. The van der Waals surface area contributed by atoms with Crippen LogP contribution in [0.5, 0.6) is 0 Å². The minimum Gasteiger partial charge on any atom is -0.458 e. The molecule has 12 atom stereocenters. The maximum Gasteiger partial charge on any atom is 0.303 e. The van der Waals surface area contributed by atoms with Crippen molar-refractivity contribution in [3.63, 3.8) is 0 Å². The molecule has 9 N–H and O–H groups in total. The van der Waals surface area contributed by atoms with Crippen LogP contribution in [0.25, 0.3) is 0 Å². The number of aliphatic hydroxyl groups excluding tert-OH is 8. The summed E-state index contributed by atoms with van der Waals surface area (Å²) in [6.07, 6.45) is -10.7. The van der Waals surface area contributed by atoms with Gasteiger partial charge in [-0.15, -0.1) is 0 Å². The molecule has 15 nitrogen and oxygen atoms in total. The highest BCUT2D eigenvalue weighted by Gasteiger charge is 2.47. The zero-order chi connectivity index (χ0) is 37.5. The van der Waals surface area contributed by atoms with Gasteiger partial charge in [-0.05, 0) is 60.0 Å². The molecule has 1 aliphatic heterocycles. The quantitative estimate of drug-likeness (QED) is 0.0387. The molecule has 1 rings (SSSR count). The normalized spacial score (nSPS) is 26.4. The van der Waals surface area contributed by atoms with Gasteiger partial charge in [-0.1, -0.05) is 29.4 Å². The summed E-state index contributed by atoms with van der Waals surface area (Å²) in [4.78, 5) is 12.2. The first-order chi connectivity index (χ1) is 22.9. The fourth-order valence-corrected chi connectivity index (χ4v) is 5.03. The van der Waals surface area contributed by atoms with Crippen LogP contribution in [-0.2, 0) is 28.5 Å². The van der Waals surface area contributed by atoms with Crippen molar-refractivity contribution in [2.75, 3.05) is 33.0 Å². The van der Waals surface area contributed by atoms with Crippen molar-refractivity contribution in [1.29, 1.82) is 0 Å². The first-order valence-corrected chi connectivity index (χ1v) is 16.5. The third-order valence-electron chi connectivity index (χ3n) is 8.18. The van der Waals surface area contributed by atoms with Gasteiger partial charge in [0.15, 0.2) is 6.29 Å². The highest BCUT2D eigenvalue weighted by atomic mass is 16.7. The van der Waals surface area contributed by atoms with Crippen LogP contribution in [0.15, 0.2) is 34.9 Å². The van der Waals surface area contributed by atoms with E-state index in [0.717, 1.165) is 11.1 Å². The van der Waals surface area contributed by atoms with E-state index in [1.165, 1.54) is 19.9 Å². The molecule has 0 aromatic carbocycles. The number of esters is 1. The number of hydrogen-bond donors (Lipinski definition) is 9. The molecular formula is C34H60O15. The zero-order valence-corrected chi connectivity index (χ0v) is 29.7. The van der Waals surface area contributed by atoms with Gasteiger partial charge in [0, 0.05) is 13.3 Å². The molecule has 286 valence electrons. The van der Waals surface area contributed by atoms with Gasteiger partial charge in [-0.2, -0.15) is 0 Å². The number of aliphatic hydroxyl groups is 9. The van der Waals surface area contributed by atoms with Gasteiger partial charge in [-0.3, -0.25) is 4.79 Å². The van der Waals surface area contributed by atoms with Gasteiger partial charge in [0.05, 0.1) is 44.7 Å². The Morgan fingerprint density at radius 2 is 1.51 bits per heavy atom. The Balaban J connectivity index is 3.32. The lowest BCUT2D eigenvalue weighted by atomic mass is 9.87. The zero-order valence-electron chi connectivity index (χ0n) is 29.7. The molecule has 0 spiro atoms. The van der Waals surface area contributed by atoms with E-state index in [1.54, 1.807) is 13.0 Å². The summed E-state index contributed by atoms with van der Waals surface area (Å²) < 4.78 is 28.3. The molecule has 49 heavy (non-hydrogen) atoms. The van der Waals surface area contributed by atoms with Crippen LogP contribution in [0.1, 0.15) is 67.7 Å². The van der Waals surface area contributed by atoms with Crippen molar-refractivity contribution in [2.24, 2.45) is 0 Å². The highest BCUT2D eigenvalue weighted by molar-refractivity contribution is 5.66. The Morgan fingerprint density at radius 1 is 0.878 bits per heavy atom. The minimum absolute atomic E-state index is 0.166. The monoisotopic (exact) mass is 708 g/mol. The predicted octanol–water partition coefficient (Wildman–Crippen LogP) is -0.620. The fourth-order valence-electron chi connectivity index (χ4n) is 5.03. The molecule has 1 saturated heterocycles. The van der Waals surface area contributed by atoms with E-state index >= 15 is 0 Å². The fraction of sp³-hybridized carbons (Fsp3) is 0.794. The van der Waals surface area contributed by atoms with Crippen molar-refractivity contribution < 1.29 is 74.4 Å². The lowest BCUT2D eigenvalue weighted by molar-refractivity contribution is -0.324. The second kappa shape index (κ2) is 22.2. The summed E-state index contributed by atoms with van der Waals surface area (Å²) in [6.45, 7) is 10.0. The summed E-state index contributed by atoms with van der Waals surface area (Å²) in [6, 6.07) is 0. The Kier molecular flexibility index (Phi) is 20.5. The van der Waals surface area contributed by atoms with Gasteiger partial charge in [-0.25, -0.2) is 0 Å². The van der Waals surface area contributed by atoms with Crippen molar-refractivity contribution in [1.82, 2.24) is 0 Å². The third-order valence-corrected chi connectivity index (χ3v) is 8.18. The Labute approximate surface area is 289 Å². The maximum atomic E-state index is 12.2. The Hall–Kier alpha value is -1.83. The molecule has 0 saturated carbocycles. The third kappa shape index (κ3) is 15.5. The molecule has 0 amide bonds. The summed E-state index contributed by atoms with van der Waals surface area (Å²) in [5.74, 6) is -0.669. The SMILES string of the molecule is CC(=O)O[C@@H](C[C@H](O[C@@H]1O[C@H](CO)[C@@H](O)[C@H](O)[C@@H]1O)[C@](C)(O)CCC=C(C)C)/C(C)=C\CO[C@@H]([C@H](O)[C@H](O)CO)[C@H](O)COCC=C(C)C. The van der Waals surface area contributed by atoms with E-state index < -0.39 is 92.1 Å². The number of hydrogen-bond acceptors (Lipinski definition) is 15. The molecule has 0 unspecified atom stereocenters. The van der Waals surface area contributed by atoms with Gasteiger partial charge in [0.2, 0.25) is 0 Å². The summed E-state index contributed by atoms with van der Waals surface area (Å²) in [5.41, 5.74) is 0.794. The summed E-state index contributed by atoms with van der Waals surface area (Å²) in [5, 5.41) is 93.1. The van der Waals surface area contributed by atoms with Gasteiger partial charge in [0.1, 0.15) is 54.9 Å². The van der Waals surface area contributed by atoms with Crippen LogP contribution >= 0.6 is 0 Å². The standard InChI is InChI=1S/C34H60O15/c1-19(2)9-8-12-34(7,44)27(49-33-31(43)30(42)29(41)26(17-36)48-33)15-25(47-22(6)37)21(5)11-14-46-32(28(40)23(38)16-35)24(39)18-45-13-10-20(3)4/h9-11,23-33,35-36,38-44H,8,12-18H2,1-7H3/b21-11-/t23-,24-,25+,26-,27+,28-,29-,30+,31+,32-,33+,34-/m1/s1. The van der Waals surface area contributed by atoms with Crippen LogP contribution in [0.4, 0.5) is 0 Å². The van der Waals surface area contributed by atoms with E-state index in [2.05, 4.69) is 0 Å². The number of carbonyl (C=O) groups excluding carboxylic acids is 1. The van der Waals surface area contributed by atoms with Crippen molar-refractivity contribution >= 4 is 5.97 Å². The van der Waals surface area contributed by atoms with E-state index in [4.69, 9.17) is 23.7 Å². The Morgan fingerprint density at radius 3 is 2.06 bits per heavy atom. The van der Waals surface area contributed by atoms with Gasteiger partial charge < -0.3 is 69.6 Å². The molecule has 1 heterocycles. The number of ether oxygens (including phenoxy) is 5.